The minimum absolute atomic E-state index is 0.00380. The van der Waals surface area contributed by atoms with Crippen LogP contribution >= 0.6 is 0 Å². The highest BCUT2D eigenvalue weighted by molar-refractivity contribution is 7.84. The van der Waals surface area contributed by atoms with E-state index in [9.17, 15) is 14.4 Å². The SMILES string of the molecule is CC(CCN(C)c1ccccc1)CNCC(O)c1ccc(O)c(S(C)=O)c1. The quantitative estimate of drug-likeness (QED) is 0.582. The summed E-state index contributed by atoms with van der Waals surface area (Å²) in [5.74, 6) is 0.470. The number of aliphatic hydroxyl groups excluding tert-OH is 1. The molecule has 3 N–H and O–H groups in total. The topological polar surface area (TPSA) is 72.8 Å². The molecule has 6 heteroatoms. The summed E-state index contributed by atoms with van der Waals surface area (Å²) < 4.78 is 11.6. The molecule has 0 radical (unpaired) electrons. The molecule has 27 heavy (non-hydrogen) atoms. The molecule has 0 saturated carbocycles. The zero-order chi connectivity index (χ0) is 19.8. The smallest absolute Gasteiger partial charge is 0.131 e. The van der Waals surface area contributed by atoms with E-state index in [4.69, 9.17) is 0 Å². The largest absolute Gasteiger partial charge is 0.507 e. The van der Waals surface area contributed by atoms with Crippen LogP contribution in [0.5, 0.6) is 5.75 Å². The molecule has 3 unspecified atom stereocenters. The van der Waals surface area contributed by atoms with Crippen LogP contribution in [-0.2, 0) is 10.8 Å². The first kappa shape index (κ1) is 21.4. The van der Waals surface area contributed by atoms with E-state index in [0.717, 1.165) is 19.5 Å². The Bertz CT molecular complexity index is 739. The lowest BCUT2D eigenvalue weighted by Crippen LogP contribution is -2.28. The lowest BCUT2D eigenvalue weighted by atomic mass is 10.1. The number of aromatic hydroxyl groups is 1. The van der Waals surface area contributed by atoms with Crippen molar-refractivity contribution in [2.24, 2.45) is 5.92 Å². The van der Waals surface area contributed by atoms with E-state index >= 15 is 0 Å². The first-order chi connectivity index (χ1) is 12.9. The summed E-state index contributed by atoms with van der Waals surface area (Å²) in [5.41, 5.74) is 1.87. The molecule has 0 aliphatic rings. The fourth-order valence-corrected chi connectivity index (χ4v) is 3.54. The van der Waals surface area contributed by atoms with Crippen molar-refractivity contribution >= 4 is 16.5 Å². The van der Waals surface area contributed by atoms with E-state index in [1.165, 1.54) is 18.0 Å². The third kappa shape index (κ3) is 6.65. The van der Waals surface area contributed by atoms with E-state index < -0.39 is 16.9 Å². The minimum Gasteiger partial charge on any atom is -0.507 e. The van der Waals surface area contributed by atoms with Crippen molar-refractivity contribution < 1.29 is 14.4 Å². The standard InChI is InChI=1S/C21H30N2O3S/c1-16(11-12-23(2)18-7-5-4-6-8-18)14-22-15-20(25)17-9-10-19(24)21(13-17)27(3)26/h4-10,13,16,20,22,24-25H,11-12,14-15H2,1-3H3. The average Bonchev–Trinajstić information content (AvgIpc) is 2.66. The molecule has 0 aromatic heterocycles. The number of anilines is 1. The van der Waals surface area contributed by atoms with E-state index in [0.29, 0.717) is 22.9 Å². The number of para-hydroxylation sites is 1. The molecule has 2 aromatic carbocycles. The van der Waals surface area contributed by atoms with E-state index in [1.54, 1.807) is 12.1 Å². The molecule has 0 saturated heterocycles. The molecule has 0 aliphatic carbocycles. The molecule has 5 nitrogen and oxygen atoms in total. The number of phenolic OH excluding ortho intramolecular Hbond substituents is 1. The maximum absolute atomic E-state index is 11.6. The first-order valence-electron chi connectivity index (χ1n) is 9.19. The molecule has 2 rings (SSSR count). The Morgan fingerprint density at radius 3 is 2.52 bits per heavy atom. The zero-order valence-corrected chi connectivity index (χ0v) is 17.1. The van der Waals surface area contributed by atoms with Crippen LogP contribution < -0.4 is 10.2 Å². The Hall–Kier alpha value is -1.89. The van der Waals surface area contributed by atoms with Gasteiger partial charge in [-0.1, -0.05) is 31.2 Å². The molecule has 0 heterocycles. The molecule has 0 aliphatic heterocycles. The fourth-order valence-electron chi connectivity index (χ4n) is 2.88. The summed E-state index contributed by atoms with van der Waals surface area (Å²) >= 11 is 0. The minimum atomic E-state index is -1.29. The van der Waals surface area contributed by atoms with Gasteiger partial charge in [-0.2, -0.15) is 0 Å². The van der Waals surface area contributed by atoms with Crippen LogP contribution in [0.2, 0.25) is 0 Å². The number of nitrogens with zero attached hydrogens (tertiary/aromatic N) is 1. The van der Waals surface area contributed by atoms with Gasteiger partial charge in [0.1, 0.15) is 5.75 Å². The van der Waals surface area contributed by atoms with Gasteiger partial charge in [-0.15, -0.1) is 0 Å². The Morgan fingerprint density at radius 1 is 1.15 bits per heavy atom. The van der Waals surface area contributed by atoms with Gasteiger partial charge in [0.15, 0.2) is 0 Å². The highest BCUT2D eigenvalue weighted by atomic mass is 32.2. The Morgan fingerprint density at radius 2 is 1.85 bits per heavy atom. The van der Waals surface area contributed by atoms with Gasteiger partial charge in [0.25, 0.3) is 0 Å². The maximum atomic E-state index is 11.6. The van der Waals surface area contributed by atoms with Crippen LogP contribution in [0.1, 0.15) is 25.0 Å². The number of hydrogen-bond acceptors (Lipinski definition) is 5. The van der Waals surface area contributed by atoms with E-state index in [2.05, 4.69) is 36.3 Å². The van der Waals surface area contributed by atoms with Gasteiger partial charge < -0.3 is 20.4 Å². The summed E-state index contributed by atoms with van der Waals surface area (Å²) in [5, 5.41) is 23.4. The van der Waals surface area contributed by atoms with Gasteiger partial charge in [0, 0.05) is 32.1 Å². The van der Waals surface area contributed by atoms with Crippen molar-refractivity contribution in [1.82, 2.24) is 5.32 Å². The van der Waals surface area contributed by atoms with Crippen molar-refractivity contribution in [3.63, 3.8) is 0 Å². The summed E-state index contributed by atoms with van der Waals surface area (Å²) in [6.07, 6.45) is 1.86. The van der Waals surface area contributed by atoms with Crippen LogP contribution in [0.15, 0.2) is 53.4 Å². The van der Waals surface area contributed by atoms with Gasteiger partial charge >= 0.3 is 0 Å². The summed E-state index contributed by atoms with van der Waals surface area (Å²) in [7, 11) is 0.807. The third-order valence-electron chi connectivity index (χ3n) is 4.66. The van der Waals surface area contributed by atoms with Crippen LogP contribution in [-0.4, -0.2) is 47.4 Å². The third-order valence-corrected chi connectivity index (χ3v) is 5.61. The molecular formula is C21H30N2O3S. The van der Waals surface area contributed by atoms with Crippen molar-refractivity contribution in [3.8, 4) is 5.75 Å². The van der Waals surface area contributed by atoms with Crippen molar-refractivity contribution in [3.05, 3.63) is 54.1 Å². The van der Waals surface area contributed by atoms with Gasteiger partial charge in [-0.05, 0) is 48.7 Å². The highest BCUT2D eigenvalue weighted by Crippen LogP contribution is 2.24. The van der Waals surface area contributed by atoms with Crippen LogP contribution in [0.3, 0.4) is 0 Å². The van der Waals surface area contributed by atoms with Crippen molar-refractivity contribution in [2.45, 2.75) is 24.3 Å². The number of benzene rings is 2. The van der Waals surface area contributed by atoms with Gasteiger partial charge in [-0.25, -0.2) is 0 Å². The maximum Gasteiger partial charge on any atom is 0.131 e. The second-order valence-electron chi connectivity index (χ2n) is 7.01. The molecule has 3 atom stereocenters. The number of phenols is 1. The second kappa shape index (κ2) is 10.4. The zero-order valence-electron chi connectivity index (χ0n) is 16.3. The van der Waals surface area contributed by atoms with Gasteiger partial charge in [0.05, 0.1) is 21.8 Å². The van der Waals surface area contributed by atoms with Gasteiger partial charge in [0.2, 0.25) is 0 Å². The number of hydrogen-bond donors (Lipinski definition) is 3. The number of rotatable bonds is 10. The van der Waals surface area contributed by atoms with Crippen LogP contribution in [0.4, 0.5) is 5.69 Å². The molecule has 0 spiro atoms. The lowest BCUT2D eigenvalue weighted by Gasteiger charge is -2.22. The fraction of sp³-hybridized carbons (Fsp3) is 0.429. The molecule has 2 aromatic rings. The van der Waals surface area contributed by atoms with Gasteiger partial charge in [-0.3, -0.25) is 4.21 Å². The molecule has 0 bridgehead atoms. The Balaban J connectivity index is 1.75. The van der Waals surface area contributed by atoms with E-state index in [-0.39, 0.29) is 5.75 Å². The average molecular weight is 391 g/mol. The molecule has 0 fully saturated rings. The normalized spacial score (nSPS) is 14.5. The number of nitrogens with one attached hydrogen (secondary N) is 1. The summed E-state index contributed by atoms with van der Waals surface area (Å²) in [6, 6.07) is 15.1. The molecule has 0 amide bonds. The van der Waals surface area contributed by atoms with Crippen LogP contribution in [0.25, 0.3) is 0 Å². The summed E-state index contributed by atoms with van der Waals surface area (Å²) in [4.78, 5) is 2.60. The number of aliphatic hydroxyl groups is 1. The van der Waals surface area contributed by atoms with Crippen molar-refractivity contribution in [2.75, 3.05) is 37.8 Å². The lowest BCUT2D eigenvalue weighted by molar-refractivity contribution is 0.172. The molecule has 148 valence electrons. The van der Waals surface area contributed by atoms with Crippen molar-refractivity contribution in [1.29, 1.82) is 0 Å². The highest BCUT2D eigenvalue weighted by Gasteiger charge is 2.13. The monoisotopic (exact) mass is 390 g/mol. The molecular weight excluding hydrogens is 360 g/mol. The Kier molecular flexibility index (Phi) is 8.28. The predicted molar refractivity (Wildman–Crippen MR) is 112 cm³/mol. The van der Waals surface area contributed by atoms with E-state index in [1.807, 2.05) is 18.2 Å². The second-order valence-corrected chi connectivity index (χ2v) is 8.35. The van der Waals surface area contributed by atoms with Crippen LogP contribution in [0, 0.1) is 5.92 Å². The Labute approximate surface area is 164 Å². The predicted octanol–water partition coefficient (Wildman–Crippen LogP) is 2.92. The first-order valence-corrected chi connectivity index (χ1v) is 10.8. The summed E-state index contributed by atoms with van der Waals surface area (Å²) in [6.45, 7) is 4.39.